The molecule has 1 aromatic heterocycles. The number of carbonyl (C=O) groups excluding carboxylic acids is 1. The molecule has 0 aliphatic heterocycles. The minimum atomic E-state index is -0.343. The van der Waals surface area contributed by atoms with Crippen LogP contribution in [0.5, 0.6) is 5.75 Å². The van der Waals surface area contributed by atoms with Crippen LogP contribution in [0.1, 0.15) is 5.76 Å². The van der Waals surface area contributed by atoms with Crippen LogP contribution < -0.4 is 10.2 Å². The Kier molecular flexibility index (Phi) is 5.04. The number of nitrogens with zero attached hydrogens (tertiary/aromatic N) is 1. The van der Waals surface area contributed by atoms with Crippen molar-refractivity contribution < 1.29 is 13.9 Å². The highest BCUT2D eigenvalue weighted by Gasteiger charge is 2.02. The van der Waals surface area contributed by atoms with E-state index in [0.29, 0.717) is 11.5 Å². The summed E-state index contributed by atoms with van der Waals surface area (Å²) >= 11 is 0. The summed E-state index contributed by atoms with van der Waals surface area (Å²) in [5.74, 6) is 0.845. The molecule has 0 fully saturated rings. The van der Waals surface area contributed by atoms with Crippen LogP contribution in [0.15, 0.2) is 82.5 Å². The highest BCUT2D eigenvalue weighted by molar-refractivity contribution is 5.81. The molecule has 5 heteroatoms. The molecule has 0 aliphatic carbocycles. The van der Waals surface area contributed by atoms with Gasteiger partial charge in [0.15, 0.2) is 6.61 Å². The zero-order chi connectivity index (χ0) is 16.6. The average molecular weight is 320 g/mol. The molecule has 5 nitrogen and oxygen atoms in total. The molecule has 0 spiro atoms. The third kappa shape index (κ3) is 4.33. The van der Waals surface area contributed by atoms with Gasteiger partial charge in [-0.2, -0.15) is 5.10 Å². The molecule has 2 aromatic carbocycles. The number of nitrogens with one attached hydrogen (secondary N) is 1. The van der Waals surface area contributed by atoms with Crippen molar-refractivity contribution in [3.05, 3.63) is 78.8 Å². The summed E-state index contributed by atoms with van der Waals surface area (Å²) in [5.41, 5.74) is 4.60. The first-order valence-corrected chi connectivity index (χ1v) is 7.45. The van der Waals surface area contributed by atoms with Crippen molar-refractivity contribution in [1.29, 1.82) is 0 Å². The third-order valence-electron chi connectivity index (χ3n) is 3.26. The summed E-state index contributed by atoms with van der Waals surface area (Å²) in [6.07, 6.45) is 2.96. The molecule has 3 rings (SSSR count). The van der Waals surface area contributed by atoms with E-state index in [0.717, 1.165) is 11.1 Å². The van der Waals surface area contributed by atoms with E-state index in [4.69, 9.17) is 9.15 Å². The van der Waals surface area contributed by atoms with Gasteiger partial charge in [-0.25, -0.2) is 5.43 Å². The molecular weight excluding hydrogens is 304 g/mol. The largest absolute Gasteiger partial charge is 0.484 e. The molecule has 0 bridgehead atoms. The van der Waals surface area contributed by atoms with E-state index in [9.17, 15) is 4.79 Å². The lowest BCUT2D eigenvalue weighted by molar-refractivity contribution is -0.123. The number of rotatable bonds is 6. The molecule has 0 atom stereocenters. The van der Waals surface area contributed by atoms with Crippen molar-refractivity contribution >= 4 is 12.1 Å². The standard InChI is InChI=1S/C19H16N2O3/c22-19(21-20-13-18-7-4-12-23-18)14-24-17-10-8-16(9-11-17)15-5-2-1-3-6-15/h1-13H,14H2,(H,21,22)/b20-13+. The number of hydrogen-bond donors (Lipinski definition) is 1. The Balaban J connectivity index is 1.48. The topological polar surface area (TPSA) is 63.8 Å². The van der Waals surface area contributed by atoms with Crippen LogP contribution in [0.3, 0.4) is 0 Å². The quantitative estimate of drug-likeness (QED) is 0.559. The number of carbonyl (C=O) groups is 1. The highest BCUT2D eigenvalue weighted by Crippen LogP contribution is 2.21. The van der Waals surface area contributed by atoms with Crippen molar-refractivity contribution in [2.24, 2.45) is 5.10 Å². The van der Waals surface area contributed by atoms with Crippen LogP contribution >= 0.6 is 0 Å². The van der Waals surface area contributed by atoms with Crippen LogP contribution in [-0.4, -0.2) is 18.7 Å². The summed E-state index contributed by atoms with van der Waals surface area (Å²) in [5, 5.41) is 3.78. The summed E-state index contributed by atoms with van der Waals surface area (Å²) in [4.78, 5) is 11.7. The predicted octanol–water partition coefficient (Wildman–Crippen LogP) is 3.48. The zero-order valence-electron chi connectivity index (χ0n) is 12.9. The Morgan fingerprint density at radius 1 is 1.00 bits per heavy atom. The maximum absolute atomic E-state index is 11.7. The van der Waals surface area contributed by atoms with E-state index in [-0.39, 0.29) is 12.5 Å². The van der Waals surface area contributed by atoms with E-state index in [1.54, 1.807) is 12.1 Å². The Bertz CT molecular complexity index is 794. The Morgan fingerprint density at radius 3 is 2.46 bits per heavy atom. The van der Waals surface area contributed by atoms with Gasteiger partial charge in [0.05, 0.1) is 12.5 Å². The van der Waals surface area contributed by atoms with Crippen molar-refractivity contribution in [3.8, 4) is 16.9 Å². The number of ether oxygens (including phenoxy) is 1. The predicted molar refractivity (Wildman–Crippen MR) is 91.8 cm³/mol. The molecule has 24 heavy (non-hydrogen) atoms. The molecule has 0 radical (unpaired) electrons. The molecule has 0 saturated carbocycles. The molecule has 3 aromatic rings. The summed E-state index contributed by atoms with van der Waals surface area (Å²) in [7, 11) is 0. The average Bonchev–Trinajstić information content (AvgIpc) is 3.15. The Hall–Kier alpha value is -3.34. The lowest BCUT2D eigenvalue weighted by atomic mass is 10.1. The fraction of sp³-hybridized carbons (Fsp3) is 0.0526. The van der Waals surface area contributed by atoms with E-state index < -0.39 is 0 Å². The van der Waals surface area contributed by atoms with Crippen LogP contribution in [0.25, 0.3) is 11.1 Å². The van der Waals surface area contributed by atoms with Gasteiger partial charge in [0.25, 0.3) is 5.91 Å². The number of hydrogen-bond acceptors (Lipinski definition) is 4. The van der Waals surface area contributed by atoms with Gasteiger partial charge in [-0.05, 0) is 35.4 Å². The number of benzene rings is 2. The summed E-state index contributed by atoms with van der Waals surface area (Å²) in [6.45, 7) is -0.111. The van der Waals surface area contributed by atoms with Crippen LogP contribution in [-0.2, 0) is 4.79 Å². The van der Waals surface area contributed by atoms with Crippen LogP contribution in [0.4, 0.5) is 0 Å². The summed E-state index contributed by atoms with van der Waals surface area (Å²) < 4.78 is 10.5. The Labute approximate surface area is 139 Å². The first-order chi connectivity index (χ1) is 11.8. The van der Waals surface area contributed by atoms with E-state index >= 15 is 0 Å². The van der Waals surface area contributed by atoms with Gasteiger partial charge < -0.3 is 9.15 Å². The fourth-order valence-electron chi connectivity index (χ4n) is 2.09. The first-order valence-electron chi connectivity index (χ1n) is 7.45. The minimum Gasteiger partial charge on any atom is -0.484 e. The van der Waals surface area contributed by atoms with Gasteiger partial charge in [-0.15, -0.1) is 0 Å². The van der Waals surface area contributed by atoms with Gasteiger partial charge in [0.2, 0.25) is 0 Å². The zero-order valence-corrected chi connectivity index (χ0v) is 12.9. The lowest BCUT2D eigenvalue weighted by Gasteiger charge is -2.06. The van der Waals surface area contributed by atoms with Gasteiger partial charge in [-0.1, -0.05) is 42.5 Å². The number of amides is 1. The monoisotopic (exact) mass is 320 g/mol. The molecule has 0 aliphatic rings. The second-order valence-corrected chi connectivity index (χ2v) is 4.99. The second kappa shape index (κ2) is 7.78. The van der Waals surface area contributed by atoms with Gasteiger partial charge in [0, 0.05) is 0 Å². The van der Waals surface area contributed by atoms with Crippen molar-refractivity contribution in [2.75, 3.05) is 6.61 Å². The molecular formula is C19H16N2O3. The number of furan rings is 1. The second-order valence-electron chi connectivity index (χ2n) is 4.99. The van der Waals surface area contributed by atoms with Gasteiger partial charge in [-0.3, -0.25) is 4.79 Å². The Morgan fingerprint density at radius 2 is 1.75 bits per heavy atom. The molecule has 1 heterocycles. The lowest BCUT2D eigenvalue weighted by Crippen LogP contribution is -2.24. The van der Waals surface area contributed by atoms with E-state index in [2.05, 4.69) is 10.5 Å². The van der Waals surface area contributed by atoms with E-state index in [1.807, 2.05) is 54.6 Å². The SMILES string of the molecule is O=C(COc1ccc(-c2ccccc2)cc1)N/N=C/c1ccco1. The molecule has 120 valence electrons. The minimum absolute atomic E-state index is 0.111. The fourth-order valence-corrected chi connectivity index (χ4v) is 2.09. The normalized spacial score (nSPS) is 10.7. The van der Waals surface area contributed by atoms with Gasteiger partial charge >= 0.3 is 0 Å². The van der Waals surface area contributed by atoms with Crippen molar-refractivity contribution in [2.45, 2.75) is 0 Å². The summed E-state index contributed by atoms with van der Waals surface area (Å²) in [6, 6.07) is 21.1. The van der Waals surface area contributed by atoms with Crippen molar-refractivity contribution in [1.82, 2.24) is 5.43 Å². The van der Waals surface area contributed by atoms with E-state index in [1.165, 1.54) is 12.5 Å². The smallest absolute Gasteiger partial charge is 0.277 e. The van der Waals surface area contributed by atoms with Crippen LogP contribution in [0, 0.1) is 0 Å². The first kappa shape index (κ1) is 15.6. The highest BCUT2D eigenvalue weighted by atomic mass is 16.5. The van der Waals surface area contributed by atoms with Gasteiger partial charge in [0.1, 0.15) is 11.5 Å². The molecule has 0 saturated heterocycles. The van der Waals surface area contributed by atoms with Crippen molar-refractivity contribution in [3.63, 3.8) is 0 Å². The maximum atomic E-state index is 11.7. The number of hydrazone groups is 1. The third-order valence-corrected chi connectivity index (χ3v) is 3.26. The molecule has 0 unspecified atom stereocenters. The van der Waals surface area contributed by atoms with Crippen LogP contribution in [0.2, 0.25) is 0 Å². The molecule has 1 amide bonds. The maximum Gasteiger partial charge on any atom is 0.277 e. The molecule has 1 N–H and O–H groups in total.